The molecule has 1 aromatic heterocycles. The number of aromatic nitrogens is 3. The zero-order valence-electron chi connectivity index (χ0n) is 13.8. The van der Waals surface area contributed by atoms with Gasteiger partial charge in [0, 0.05) is 6.61 Å². The Balaban J connectivity index is 1.76. The van der Waals surface area contributed by atoms with Crippen molar-refractivity contribution in [1.82, 2.24) is 14.9 Å². The number of carbonyl (C=O) groups is 1. The number of fused-ring (bicyclic) bond motifs is 1. The molecule has 3 heterocycles. The maximum Gasteiger partial charge on any atom is 0.304 e. The van der Waals surface area contributed by atoms with Crippen LogP contribution < -0.4 is 0 Å². The Hall–Kier alpha value is -2.19. The number of hydrogen-bond acceptors (Lipinski definition) is 6. The lowest BCUT2D eigenvalue weighted by molar-refractivity contribution is -0.136. The number of ether oxygens (including phenoxy) is 1. The number of carboxylic acid groups (broad SMARTS) is 1. The summed E-state index contributed by atoms with van der Waals surface area (Å²) >= 11 is 1.39. The topological polar surface area (TPSA) is 89.6 Å². The number of aryl methyl sites for hydroxylation is 1. The quantitative estimate of drug-likeness (QED) is 0.904. The highest BCUT2D eigenvalue weighted by Gasteiger charge is 2.33. The van der Waals surface area contributed by atoms with Crippen molar-refractivity contribution in [3.8, 4) is 0 Å². The SMILES string of the molecule is Cc1ccc(C2=Nn3c(nnc3[C@H]3CCCO3)S[C@H]2CC(=O)O)cc1. The first-order valence-corrected chi connectivity index (χ1v) is 9.11. The largest absolute Gasteiger partial charge is 0.481 e. The summed E-state index contributed by atoms with van der Waals surface area (Å²) in [7, 11) is 0. The molecule has 1 aromatic carbocycles. The van der Waals surface area contributed by atoms with Crippen LogP contribution in [0.5, 0.6) is 0 Å². The Morgan fingerprint density at radius 2 is 2.16 bits per heavy atom. The minimum absolute atomic E-state index is 0.0144. The van der Waals surface area contributed by atoms with Crippen molar-refractivity contribution < 1.29 is 14.6 Å². The molecule has 0 spiro atoms. The first-order valence-electron chi connectivity index (χ1n) is 8.23. The third-order valence-electron chi connectivity index (χ3n) is 4.32. The molecular weight excluding hydrogens is 340 g/mol. The standard InChI is InChI=1S/C17H18N4O3S/c1-10-4-6-11(7-5-10)15-13(9-14(22)23)25-17-19-18-16(21(17)20-15)12-3-2-8-24-12/h4-7,12-13H,2-3,8-9H2,1H3,(H,22,23)/t12-,13+/m1/s1. The molecule has 2 atom stereocenters. The Bertz CT molecular complexity index is 825. The van der Waals surface area contributed by atoms with E-state index in [1.807, 2.05) is 31.2 Å². The van der Waals surface area contributed by atoms with Crippen molar-refractivity contribution in [3.63, 3.8) is 0 Å². The van der Waals surface area contributed by atoms with Crippen molar-refractivity contribution in [2.45, 2.75) is 42.7 Å². The summed E-state index contributed by atoms with van der Waals surface area (Å²) in [6.07, 6.45) is 1.78. The zero-order chi connectivity index (χ0) is 17.4. The molecule has 1 saturated heterocycles. The van der Waals surface area contributed by atoms with Crippen LogP contribution in [0, 0.1) is 6.92 Å². The molecular formula is C17H18N4O3S. The third kappa shape index (κ3) is 3.19. The second kappa shape index (κ2) is 6.61. The lowest BCUT2D eigenvalue weighted by Crippen LogP contribution is -2.27. The van der Waals surface area contributed by atoms with E-state index in [9.17, 15) is 9.90 Å². The van der Waals surface area contributed by atoms with Crippen molar-refractivity contribution in [2.24, 2.45) is 5.10 Å². The molecule has 0 aliphatic carbocycles. The van der Waals surface area contributed by atoms with E-state index in [-0.39, 0.29) is 17.8 Å². The normalized spacial score (nSPS) is 22.5. The highest BCUT2D eigenvalue weighted by atomic mass is 32.2. The van der Waals surface area contributed by atoms with Crippen LogP contribution in [-0.2, 0) is 9.53 Å². The Morgan fingerprint density at radius 1 is 1.36 bits per heavy atom. The van der Waals surface area contributed by atoms with E-state index >= 15 is 0 Å². The summed E-state index contributed by atoms with van der Waals surface area (Å²) in [5, 5.41) is 22.8. The predicted molar refractivity (Wildman–Crippen MR) is 93.0 cm³/mol. The number of rotatable bonds is 4. The predicted octanol–water partition coefficient (Wildman–Crippen LogP) is 2.64. The van der Waals surface area contributed by atoms with Gasteiger partial charge < -0.3 is 9.84 Å². The van der Waals surface area contributed by atoms with Crippen LogP contribution in [0.15, 0.2) is 34.5 Å². The second-order valence-corrected chi connectivity index (χ2v) is 7.38. The van der Waals surface area contributed by atoms with Gasteiger partial charge in [-0.05, 0) is 25.3 Å². The number of hydrogen-bond donors (Lipinski definition) is 1. The fraction of sp³-hybridized carbons (Fsp3) is 0.412. The summed E-state index contributed by atoms with van der Waals surface area (Å²) in [6.45, 7) is 2.74. The molecule has 0 amide bonds. The molecule has 0 radical (unpaired) electrons. The molecule has 0 bridgehead atoms. The lowest BCUT2D eigenvalue weighted by atomic mass is 10.0. The van der Waals surface area contributed by atoms with E-state index in [0.29, 0.717) is 11.0 Å². The van der Waals surface area contributed by atoms with Crippen LogP contribution in [0.3, 0.4) is 0 Å². The molecule has 2 aliphatic rings. The maximum absolute atomic E-state index is 11.3. The van der Waals surface area contributed by atoms with Gasteiger partial charge in [-0.15, -0.1) is 10.2 Å². The Labute approximate surface area is 149 Å². The fourth-order valence-corrected chi connectivity index (χ4v) is 4.14. The van der Waals surface area contributed by atoms with E-state index in [1.54, 1.807) is 4.68 Å². The summed E-state index contributed by atoms with van der Waals surface area (Å²) < 4.78 is 7.43. The average Bonchev–Trinajstić information content (AvgIpc) is 3.23. The van der Waals surface area contributed by atoms with Gasteiger partial charge in [-0.25, -0.2) is 0 Å². The number of aliphatic carboxylic acids is 1. The molecule has 2 aromatic rings. The van der Waals surface area contributed by atoms with E-state index in [1.165, 1.54) is 11.8 Å². The average molecular weight is 358 g/mol. The van der Waals surface area contributed by atoms with Crippen molar-refractivity contribution in [1.29, 1.82) is 0 Å². The van der Waals surface area contributed by atoms with Crippen molar-refractivity contribution >= 4 is 23.4 Å². The van der Waals surface area contributed by atoms with Crippen LogP contribution in [0.25, 0.3) is 0 Å². The highest BCUT2D eigenvalue weighted by molar-refractivity contribution is 8.00. The van der Waals surface area contributed by atoms with E-state index in [4.69, 9.17) is 9.84 Å². The zero-order valence-corrected chi connectivity index (χ0v) is 14.6. The van der Waals surface area contributed by atoms with Gasteiger partial charge in [0.15, 0.2) is 5.82 Å². The van der Waals surface area contributed by atoms with Gasteiger partial charge in [0.25, 0.3) is 0 Å². The van der Waals surface area contributed by atoms with Gasteiger partial charge in [0.05, 0.1) is 17.4 Å². The molecule has 8 heteroatoms. The lowest BCUT2D eigenvalue weighted by Gasteiger charge is -2.22. The van der Waals surface area contributed by atoms with Gasteiger partial charge in [-0.2, -0.15) is 9.78 Å². The first-order chi connectivity index (χ1) is 12.1. The van der Waals surface area contributed by atoms with Crippen molar-refractivity contribution in [2.75, 3.05) is 6.61 Å². The van der Waals surface area contributed by atoms with Gasteiger partial charge in [-0.1, -0.05) is 41.6 Å². The van der Waals surface area contributed by atoms with Crippen LogP contribution in [0.2, 0.25) is 0 Å². The molecule has 4 rings (SSSR count). The summed E-state index contributed by atoms with van der Waals surface area (Å²) in [4.78, 5) is 11.3. The molecule has 25 heavy (non-hydrogen) atoms. The minimum Gasteiger partial charge on any atom is -0.481 e. The van der Waals surface area contributed by atoms with E-state index < -0.39 is 5.97 Å². The van der Waals surface area contributed by atoms with Crippen LogP contribution in [0.1, 0.15) is 42.3 Å². The monoisotopic (exact) mass is 358 g/mol. The van der Waals surface area contributed by atoms with E-state index in [0.717, 1.165) is 36.3 Å². The van der Waals surface area contributed by atoms with Gasteiger partial charge >= 0.3 is 5.97 Å². The smallest absolute Gasteiger partial charge is 0.304 e. The summed E-state index contributed by atoms with van der Waals surface area (Å²) in [5.74, 6) is -0.164. The summed E-state index contributed by atoms with van der Waals surface area (Å²) in [5.41, 5.74) is 2.80. The molecule has 0 saturated carbocycles. The van der Waals surface area contributed by atoms with Crippen LogP contribution in [0.4, 0.5) is 0 Å². The third-order valence-corrected chi connectivity index (χ3v) is 5.46. The number of carboxylic acids is 1. The molecule has 2 aliphatic heterocycles. The van der Waals surface area contributed by atoms with Crippen molar-refractivity contribution in [3.05, 3.63) is 41.2 Å². The molecule has 1 fully saturated rings. The molecule has 0 unspecified atom stereocenters. The maximum atomic E-state index is 11.3. The van der Waals surface area contributed by atoms with Gasteiger partial charge in [0.2, 0.25) is 5.16 Å². The minimum atomic E-state index is -0.857. The first kappa shape index (κ1) is 16.3. The summed E-state index contributed by atoms with van der Waals surface area (Å²) in [6, 6.07) is 7.96. The number of benzene rings is 1. The van der Waals surface area contributed by atoms with Crippen LogP contribution in [-0.4, -0.2) is 43.5 Å². The Morgan fingerprint density at radius 3 is 2.84 bits per heavy atom. The Kier molecular flexibility index (Phi) is 4.30. The molecule has 1 N–H and O–H groups in total. The fourth-order valence-electron chi connectivity index (χ4n) is 3.05. The van der Waals surface area contributed by atoms with E-state index in [2.05, 4.69) is 10.2 Å². The number of thioether (sulfide) groups is 1. The second-order valence-electron chi connectivity index (χ2n) is 6.21. The molecule has 130 valence electrons. The van der Waals surface area contributed by atoms with Gasteiger partial charge in [-0.3, -0.25) is 4.79 Å². The highest BCUT2D eigenvalue weighted by Crippen LogP contribution is 2.36. The van der Waals surface area contributed by atoms with Gasteiger partial charge in [0.1, 0.15) is 6.10 Å². The molecule has 7 nitrogen and oxygen atoms in total. The van der Waals surface area contributed by atoms with Crippen LogP contribution >= 0.6 is 11.8 Å². The number of nitrogens with zero attached hydrogens (tertiary/aromatic N) is 4.